The Hall–Kier alpha value is -4.21. The number of anilines is 1. The second kappa shape index (κ2) is 10.2. The standard InChI is InChI=1S/C25H25N7O2/c1-16(13-27)6-9-28-25-29-23-21(14-32(31-23)20-7-10-33-15-20)24(30-25)34-22-17(2)11-19(5-4-8-26)12-18(22)3/h4-5,11-12,14,20H,1,6-7,9-10,15H2,2-3H3,(H,28,29,31)/b5-4+. The fraction of sp³-hybridized carbons (Fsp3) is 0.320. The van der Waals surface area contributed by atoms with E-state index in [1.165, 1.54) is 6.08 Å². The summed E-state index contributed by atoms with van der Waals surface area (Å²) in [5, 5.41) is 26.3. The number of benzene rings is 1. The van der Waals surface area contributed by atoms with Crippen LogP contribution in [0.3, 0.4) is 0 Å². The normalized spacial score (nSPS) is 15.4. The van der Waals surface area contributed by atoms with Crippen LogP contribution in [0, 0.1) is 36.5 Å². The Kier molecular flexibility index (Phi) is 6.86. The molecule has 1 N–H and O–H groups in total. The van der Waals surface area contributed by atoms with Gasteiger partial charge in [-0.15, -0.1) is 0 Å². The molecule has 1 atom stereocenters. The number of nitrogens with one attached hydrogen (secondary N) is 1. The molecule has 1 aliphatic heterocycles. The molecule has 0 amide bonds. The Balaban J connectivity index is 1.70. The summed E-state index contributed by atoms with van der Waals surface area (Å²) in [6.45, 7) is 9.39. The van der Waals surface area contributed by atoms with Gasteiger partial charge < -0.3 is 14.8 Å². The second-order valence-corrected chi connectivity index (χ2v) is 8.16. The second-order valence-electron chi connectivity index (χ2n) is 8.16. The maximum absolute atomic E-state index is 8.94. The zero-order valence-corrected chi connectivity index (χ0v) is 19.2. The van der Waals surface area contributed by atoms with Crippen LogP contribution in [-0.2, 0) is 4.74 Å². The van der Waals surface area contributed by atoms with E-state index in [2.05, 4.69) is 27.0 Å². The van der Waals surface area contributed by atoms with Crippen molar-refractivity contribution in [2.75, 3.05) is 25.1 Å². The Labute approximate surface area is 198 Å². The van der Waals surface area contributed by atoms with Crippen molar-refractivity contribution in [3.8, 4) is 23.8 Å². The zero-order valence-electron chi connectivity index (χ0n) is 19.2. The lowest BCUT2D eigenvalue weighted by atomic mass is 10.1. The third-order valence-corrected chi connectivity index (χ3v) is 5.54. The molecule has 1 fully saturated rings. The first-order valence-corrected chi connectivity index (χ1v) is 11.0. The van der Waals surface area contributed by atoms with E-state index in [1.807, 2.05) is 49.0 Å². The predicted octanol–water partition coefficient (Wildman–Crippen LogP) is 4.62. The smallest absolute Gasteiger partial charge is 0.235 e. The molecule has 0 aliphatic carbocycles. The van der Waals surface area contributed by atoms with Crippen molar-refractivity contribution >= 4 is 23.1 Å². The molecule has 0 saturated carbocycles. The van der Waals surface area contributed by atoms with Crippen molar-refractivity contribution in [2.24, 2.45) is 0 Å². The van der Waals surface area contributed by atoms with E-state index in [0.717, 1.165) is 23.1 Å². The number of hydrogen-bond acceptors (Lipinski definition) is 8. The highest BCUT2D eigenvalue weighted by Crippen LogP contribution is 2.34. The minimum atomic E-state index is 0.145. The highest BCUT2D eigenvalue weighted by Gasteiger charge is 2.22. The van der Waals surface area contributed by atoms with Gasteiger partial charge in [0.25, 0.3) is 0 Å². The number of nitrogens with zero attached hydrogens (tertiary/aromatic N) is 6. The van der Waals surface area contributed by atoms with Gasteiger partial charge in [0.2, 0.25) is 11.8 Å². The Bertz CT molecular complexity index is 1310. The molecule has 0 bridgehead atoms. The Morgan fingerprint density at radius 2 is 2.12 bits per heavy atom. The lowest BCUT2D eigenvalue weighted by molar-refractivity contribution is 0.184. The summed E-state index contributed by atoms with van der Waals surface area (Å²) >= 11 is 0. The summed E-state index contributed by atoms with van der Waals surface area (Å²) in [6, 6.07) is 8.11. The van der Waals surface area contributed by atoms with Gasteiger partial charge in [0, 0.05) is 31.0 Å². The molecule has 3 aromatic rings. The number of aromatic nitrogens is 4. The largest absolute Gasteiger partial charge is 0.437 e. The topological polar surface area (TPSA) is 122 Å². The van der Waals surface area contributed by atoms with Gasteiger partial charge in [0.05, 0.1) is 24.8 Å². The van der Waals surface area contributed by atoms with Crippen LogP contribution in [0.15, 0.2) is 36.6 Å². The number of rotatable bonds is 8. The molecule has 9 nitrogen and oxygen atoms in total. The van der Waals surface area contributed by atoms with Crippen molar-refractivity contribution in [3.63, 3.8) is 0 Å². The van der Waals surface area contributed by atoms with Crippen LogP contribution in [0.4, 0.5) is 5.95 Å². The van der Waals surface area contributed by atoms with Crippen molar-refractivity contribution in [1.82, 2.24) is 19.7 Å². The van der Waals surface area contributed by atoms with E-state index < -0.39 is 0 Å². The number of hydrogen-bond donors (Lipinski definition) is 1. The molecular weight excluding hydrogens is 430 g/mol. The van der Waals surface area contributed by atoms with Crippen LogP contribution in [-0.4, -0.2) is 39.5 Å². The summed E-state index contributed by atoms with van der Waals surface area (Å²) in [6.07, 6.45) is 6.48. The maximum atomic E-state index is 8.94. The molecule has 34 heavy (non-hydrogen) atoms. The number of allylic oxidation sites excluding steroid dienone is 1. The predicted molar refractivity (Wildman–Crippen MR) is 128 cm³/mol. The van der Waals surface area contributed by atoms with E-state index in [1.54, 1.807) is 6.08 Å². The van der Waals surface area contributed by atoms with Crippen LogP contribution in [0.5, 0.6) is 11.6 Å². The van der Waals surface area contributed by atoms with Gasteiger partial charge in [0.15, 0.2) is 5.65 Å². The van der Waals surface area contributed by atoms with Gasteiger partial charge >= 0.3 is 0 Å². The van der Waals surface area contributed by atoms with Gasteiger partial charge in [-0.3, -0.25) is 4.68 Å². The van der Waals surface area contributed by atoms with E-state index in [-0.39, 0.29) is 6.04 Å². The van der Waals surface area contributed by atoms with Gasteiger partial charge in [-0.1, -0.05) is 6.58 Å². The molecule has 172 valence electrons. The molecule has 4 rings (SSSR count). The third-order valence-electron chi connectivity index (χ3n) is 5.54. The minimum absolute atomic E-state index is 0.145. The van der Waals surface area contributed by atoms with Crippen molar-refractivity contribution < 1.29 is 9.47 Å². The number of ether oxygens (including phenoxy) is 2. The average Bonchev–Trinajstić information content (AvgIpc) is 3.49. The first-order valence-electron chi connectivity index (χ1n) is 11.0. The van der Waals surface area contributed by atoms with Crippen LogP contribution in [0.1, 0.15) is 35.6 Å². The number of fused-ring (bicyclic) bond motifs is 1. The summed E-state index contributed by atoms with van der Waals surface area (Å²) in [7, 11) is 0. The number of nitriles is 2. The molecule has 0 radical (unpaired) electrons. The van der Waals surface area contributed by atoms with Gasteiger partial charge in [-0.05, 0) is 61.6 Å². The van der Waals surface area contributed by atoms with E-state index in [9.17, 15) is 0 Å². The SMILES string of the molecule is C=C(C#N)CCNc1nc(Oc2c(C)cc(/C=C/C#N)cc2C)c2cn(C3CCOC3)nc2n1. The van der Waals surface area contributed by atoms with Gasteiger partial charge in [0.1, 0.15) is 11.1 Å². The van der Waals surface area contributed by atoms with Crippen LogP contribution in [0.25, 0.3) is 17.1 Å². The van der Waals surface area contributed by atoms with E-state index >= 15 is 0 Å². The zero-order chi connectivity index (χ0) is 24.1. The van der Waals surface area contributed by atoms with Gasteiger partial charge in [-0.25, -0.2) is 0 Å². The van der Waals surface area contributed by atoms with Crippen molar-refractivity contribution in [1.29, 1.82) is 10.5 Å². The summed E-state index contributed by atoms with van der Waals surface area (Å²) < 4.78 is 13.7. The van der Waals surface area contributed by atoms with Crippen LogP contribution >= 0.6 is 0 Å². The van der Waals surface area contributed by atoms with Crippen LogP contribution in [0.2, 0.25) is 0 Å². The molecule has 1 saturated heterocycles. The average molecular weight is 456 g/mol. The lowest BCUT2D eigenvalue weighted by Crippen LogP contribution is -2.09. The molecule has 2 aromatic heterocycles. The fourth-order valence-corrected chi connectivity index (χ4v) is 3.82. The molecule has 9 heteroatoms. The maximum Gasteiger partial charge on any atom is 0.235 e. The quantitative estimate of drug-likeness (QED) is 0.489. The fourth-order valence-electron chi connectivity index (χ4n) is 3.82. The van der Waals surface area contributed by atoms with E-state index in [4.69, 9.17) is 20.0 Å². The minimum Gasteiger partial charge on any atom is -0.437 e. The van der Waals surface area contributed by atoms with E-state index in [0.29, 0.717) is 60.4 Å². The van der Waals surface area contributed by atoms with Crippen molar-refractivity contribution in [3.05, 3.63) is 53.2 Å². The molecule has 1 unspecified atom stereocenters. The highest BCUT2D eigenvalue weighted by molar-refractivity contribution is 5.81. The van der Waals surface area contributed by atoms with Crippen molar-refractivity contribution in [2.45, 2.75) is 32.7 Å². The van der Waals surface area contributed by atoms with Crippen LogP contribution < -0.4 is 10.1 Å². The monoisotopic (exact) mass is 455 g/mol. The molecule has 1 aromatic carbocycles. The first kappa shape index (κ1) is 23.0. The summed E-state index contributed by atoms with van der Waals surface area (Å²) in [4.78, 5) is 9.17. The summed E-state index contributed by atoms with van der Waals surface area (Å²) in [5.74, 6) is 1.45. The summed E-state index contributed by atoms with van der Waals surface area (Å²) in [5.41, 5.74) is 3.75. The molecular formula is C25H25N7O2. The first-order chi connectivity index (χ1) is 16.5. The molecule has 1 aliphatic rings. The molecule has 0 spiro atoms. The third kappa shape index (κ3) is 5.06. The lowest BCUT2D eigenvalue weighted by Gasteiger charge is -2.13. The number of aryl methyl sites for hydroxylation is 2. The molecule has 3 heterocycles. The van der Waals surface area contributed by atoms with Gasteiger partial charge in [-0.2, -0.15) is 25.6 Å². The Morgan fingerprint density at radius 3 is 2.79 bits per heavy atom. The Morgan fingerprint density at radius 1 is 1.32 bits per heavy atom. The highest BCUT2D eigenvalue weighted by atomic mass is 16.5.